The van der Waals surface area contributed by atoms with Gasteiger partial charge in [0, 0.05) is 17.5 Å². The van der Waals surface area contributed by atoms with Crippen LogP contribution in [0.3, 0.4) is 0 Å². The van der Waals surface area contributed by atoms with Crippen LogP contribution in [0.1, 0.15) is 17.8 Å². The summed E-state index contributed by atoms with van der Waals surface area (Å²) in [6.45, 7) is 4.09. The van der Waals surface area contributed by atoms with Gasteiger partial charge in [0.15, 0.2) is 0 Å². The molecule has 1 aromatic rings. The third-order valence-electron chi connectivity index (χ3n) is 3.22. The Morgan fingerprint density at radius 3 is 3.00 bits per heavy atom. The summed E-state index contributed by atoms with van der Waals surface area (Å²) in [5.74, 6) is 0. The molecule has 3 N–H and O–H groups in total. The van der Waals surface area contributed by atoms with Crippen molar-refractivity contribution in [3.05, 3.63) is 21.3 Å². The Bertz CT molecular complexity index is 386. The second-order valence-electron chi connectivity index (χ2n) is 4.59. The van der Waals surface area contributed by atoms with Crippen LogP contribution in [0.2, 0.25) is 4.34 Å². The number of hydrogen-bond acceptors (Lipinski definition) is 5. The fourth-order valence-corrected chi connectivity index (χ4v) is 3.70. The molecule has 4 nitrogen and oxygen atoms in total. The summed E-state index contributed by atoms with van der Waals surface area (Å²) in [6.07, 6.45) is 0. The molecule has 0 radical (unpaired) electrons. The summed E-state index contributed by atoms with van der Waals surface area (Å²) >= 11 is 7.56. The van der Waals surface area contributed by atoms with E-state index in [1.54, 1.807) is 11.3 Å². The van der Waals surface area contributed by atoms with Crippen LogP contribution in [-0.2, 0) is 4.74 Å². The number of hydrogen-bond donors (Lipinski definition) is 2. The molecule has 1 aromatic heterocycles. The molecule has 0 bridgehead atoms. The van der Waals surface area contributed by atoms with Crippen LogP contribution in [0.4, 0.5) is 0 Å². The van der Waals surface area contributed by atoms with Gasteiger partial charge in [0.05, 0.1) is 36.2 Å². The third-order valence-corrected chi connectivity index (χ3v) is 4.53. The van der Waals surface area contributed by atoms with Gasteiger partial charge in [-0.15, -0.1) is 11.3 Å². The summed E-state index contributed by atoms with van der Waals surface area (Å²) in [4.78, 5) is 3.38. The Morgan fingerprint density at radius 1 is 1.67 bits per heavy atom. The van der Waals surface area contributed by atoms with Gasteiger partial charge < -0.3 is 15.6 Å². The number of aliphatic hydroxyl groups is 1. The molecule has 18 heavy (non-hydrogen) atoms. The largest absolute Gasteiger partial charge is 0.395 e. The Labute approximate surface area is 116 Å². The molecule has 3 unspecified atom stereocenters. The molecule has 3 atom stereocenters. The van der Waals surface area contributed by atoms with E-state index in [2.05, 4.69) is 4.90 Å². The van der Waals surface area contributed by atoms with E-state index in [1.807, 2.05) is 19.1 Å². The highest BCUT2D eigenvalue weighted by atomic mass is 35.5. The first-order valence-electron chi connectivity index (χ1n) is 6.08. The number of nitrogens with two attached hydrogens (primary N) is 1. The average molecular weight is 291 g/mol. The van der Waals surface area contributed by atoms with Gasteiger partial charge in [-0.2, -0.15) is 0 Å². The van der Waals surface area contributed by atoms with E-state index in [1.165, 1.54) is 0 Å². The van der Waals surface area contributed by atoms with Crippen LogP contribution in [-0.4, -0.2) is 48.5 Å². The molecule has 1 aliphatic heterocycles. The first-order chi connectivity index (χ1) is 8.63. The smallest absolute Gasteiger partial charge is 0.0931 e. The topological polar surface area (TPSA) is 58.7 Å². The summed E-state index contributed by atoms with van der Waals surface area (Å²) < 4.78 is 6.18. The molecule has 102 valence electrons. The fraction of sp³-hybridized carbons (Fsp3) is 0.667. The van der Waals surface area contributed by atoms with Gasteiger partial charge in [0.1, 0.15) is 0 Å². The SMILES string of the molecule is CC(N)C(c1ccc(Cl)s1)N1CCOCC1CO. The molecule has 1 fully saturated rings. The van der Waals surface area contributed by atoms with Crippen LogP contribution in [0, 0.1) is 0 Å². The number of nitrogens with zero attached hydrogens (tertiary/aromatic N) is 1. The molecule has 0 aromatic carbocycles. The third kappa shape index (κ3) is 3.04. The molecule has 2 rings (SSSR count). The molecule has 0 spiro atoms. The molecule has 6 heteroatoms. The van der Waals surface area contributed by atoms with Gasteiger partial charge in [0.2, 0.25) is 0 Å². The lowest BCUT2D eigenvalue weighted by molar-refractivity contribution is -0.0509. The van der Waals surface area contributed by atoms with Crippen LogP contribution in [0.15, 0.2) is 12.1 Å². The maximum atomic E-state index is 9.46. The molecule has 2 heterocycles. The highest BCUT2D eigenvalue weighted by Crippen LogP contribution is 2.33. The minimum Gasteiger partial charge on any atom is -0.395 e. The lowest BCUT2D eigenvalue weighted by Crippen LogP contribution is -2.52. The van der Waals surface area contributed by atoms with Crippen molar-refractivity contribution >= 4 is 22.9 Å². The van der Waals surface area contributed by atoms with Gasteiger partial charge in [-0.3, -0.25) is 4.90 Å². The van der Waals surface area contributed by atoms with Crippen molar-refractivity contribution in [1.82, 2.24) is 4.90 Å². The average Bonchev–Trinajstić information content (AvgIpc) is 2.76. The highest BCUT2D eigenvalue weighted by Gasteiger charge is 2.32. The van der Waals surface area contributed by atoms with Gasteiger partial charge in [-0.1, -0.05) is 11.6 Å². The van der Waals surface area contributed by atoms with Gasteiger partial charge >= 0.3 is 0 Å². The number of aliphatic hydroxyl groups excluding tert-OH is 1. The monoisotopic (exact) mass is 290 g/mol. The summed E-state index contributed by atoms with van der Waals surface area (Å²) in [5, 5.41) is 9.46. The Morgan fingerprint density at radius 2 is 2.44 bits per heavy atom. The predicted octanol–water partition coefficient (Wildman–Crippen LogP) is 1.48. The fourth-order valence-electron chi connectivity index (χ4n) is 2.40. The zero-order valence-corrected chi connectivity index (χ0v) is 12.0. The molecular formula is C12H19ClN2O2S. The molecule has 1 saturated heterocycles. The zero-order valence-electron chi connectivity index (χ0n) is 10.4. The lowest BCUT2D eigenvalue weighted by atomic mass is 10.0. The first kappa shape index (κ1) is 14.2. The summed E-state index contributed by atoms with van der Waals surface area (Å²) in [7, 11) is 0. The highest BCUT2D eigenvalue weighted by molar-refractivity contribution is 7.16. The Balaban J connectivity index is 2.23. The van der Waals surface area contributed by atoms with Crippen LogP contribution < -0.4 is 5.73 Å². The predicted molar refractivity (Wildman–Crippen MR) is 74.1 cm³/mol. The van der Waals surface area contributed by atoms with Crippen LogP contribution in [0.25, 0.3) is 0 Å². The standard InChI is InChI=1S/C12H19ClN2O2S/c1-8(14)12(10-2-3-11(13)18-10)15-4-5-17-7-9(15)6-16/h2-3,8-9,12,16H,4-7,14H2,1H3. The lowest BCUT2D eigenvalue weighted by Gasteiger charge is -2.41. The number of morpholine rings is 1. The van der Waals surface area contributed by atoms with Gasteiger partial charge in [0.25, 0.3) is 0 Å². The maximum absolute atomic E-state index is 9.46. The van der Waals surface area contributed by atoms with E-state index < -0.39 is 0 Å². The molecule has 0 amide bonds. The van der Waals surface area contributed by atoms with Crippen molar-refractivity contribution in [2.45, 2.75) is 25.0 Å². The van der Waals surface area contributed by atoms with E-state index in [0.717, 1.165) is 15.8 Å². The Kier molecular flexibility index (Phi) is 5.00. The van der Waals surface area contributed by atoms with Crippen LogP contribution >= 0.6 is 22.9 Å². The van der Waals surface area contributed by atoms with Crippen LogP contribution in [0.5, 0.6) is 0 Å². The second kappa shape index (κ2) is 6.32. The quantitative estimate of drug-likeness (QED) is 0.882. The van der Waals surface area contributed by atoms with Gasteiger partial charge in [-0.25, -0.2) is 0 Å². The van der Waals surface area contributed by atoms with E-state index >= 15 is 0 Å². The maximum Gasteiger partial charge on any atom is 0.0931 e. The Hall–Kier alpha value is -0.170. The molecule has 0 saturated carbocycles. The van der Waals surface area contributed by atoms with E-state index in [4.69, 9.17) is 22.1 Å². The molecular weight excluding hydrogens is 272 g/mol. The number of rotatable bonds is 4. The number of ether oxygens (including phenoxy) is 1. The normalized spacial score (nSPS) is 25.0. The molecule has 1 aliphatic rings. The van der Waals surface area contributed by atoms with Crippen molar-refractivity contribution in [2.75, 3.05) is 26.4 Å². The van der Waals surface area contributed by atoms with Crippen molar-refractivity contribution in [3.8, 4) is 0 Å². The van der Waals surface area contributed by atoms with E-state index in [9.17, 15) is 5.11 Å². The summed E-state index contributed by atoms with van der Waals surface area (Å²) in [6, 6.07) is 3.99. The van der Waals surface area contributed by atoms with Gasteiger partial charge in [-0.05, 0) is 19.1 Å². The van der Waals surface area contributed by atoms with E-state index in [-0.39, 0.29) is 24.7 Å². The van der Waals surface area contributed by atoms with Crippen molar-refractivity contribution in [3.63, 3.8) is 0 Å². The molecule has 0 aliphatic carbocycles. The van der Waals surface area contributed by atoms with Crippen molar-refractivity contribution in [1.29, 1.82) is 0 Å². The van der Waals surface area contributed by atoms with Crippen molar-refractivity contribution < 1.29 is 9.84 Å². The summed E-state index contributed by atoms with van der Waals surface area (Å²) in [5.41, 5.74) is 6.13. The zero-order chi connectivity index (χ0) is 13.1. The van der Waals surface area contributed by atoms with E-state index in [0.29, 0.717) is 13.2 Å². The minimum atomic E-state index is -0.0214. The first-order valence-corrected chi connectivity index (χ1v) is 7.28. The number of halogens is 1. The number of thiophene rings is 1. The second-order valence-corrected chi connectivity index (χ2v) is 6.34. The van der Waals surface area contributed by atoms with Crippen molar-refractivity contribution in [2.24, 2.45) is 5.73 Å². The minimum absolute atomic E-state index is 0.00984.